The minimum absolute atomic E-state index is 0.135. The number of hydrogen-bond acceptors (Lipinski definition) is 3. The third-order valence-corrected chi connectivity index (χ3v) is 4.73. The Hall–Kier alpha value is -1.72. The van der Waals surface area contributed by atoms with Gasteiger partial charge in [-0.3, -0.25) is 4.79 Å². The first-order valence-corrected chi connectivity index (χ1v) is 8.05. The lowest BCUT2D eigenvalue weighted by Gasteiger charge is -2.23. The summed E-state index contributed by atoms with van der Waals surface area (Å²) in [5, 5.41) is 15.0. The van der Waals surface area contributed by atoms with Gasteiger partial charge in [-0.05, 0) is 35.9 Å². The molecule has 0 saturated carbocycles. The second-order valence-corrected chi connectivity index (χ2v) is 6.60. The van der Waals surface area contributed by atoms with E-state index in [1.54, 1.807) is 25.1 Å². The average Bonchev–Trinajstić information content (AvgIpc) is 3.00. The van der Waals surface area contributed by atoms with Crippen LogP contribution in [-0.4, -0.2) is 17.6 Å². The van der Waals surface area contributed by atoms with Crippen LogP contribution < -0.4 is 5.32 Å². The predicted octanol–water partition coefficient (Wildman–Crippen LogP) is 3.40. The number of carbonyl (C=O) groups is 1. The van der Waals surface area contributed by atoms with Gasteiger partial charge in [0.05, 0.1) is 6.54 Å². The van der Waals surface area contributed by atoms with Crippen LogP contribution in [0.15, 0.2) is 41.8 Å². The quantitative estimate of drug-likeness (QED) is 0.856. The van der Waals surface area contributed by atoms with Gasteiger partial charge in [-0.25, -0.2) is 4.39 Å². The van der Waals surface area contributed by atoms with E-state index in [1.165, 1.54) is 17.4 Å². The first-order chi connectivity index (χ1) is 10.4. The molecule has 22 heavy (non-hydrogen) atoms. The van der Waals surface area contributed by atoms with Crippen LogP contribution in [0.3, 0.4) is 0 Å². The highest BCUT2D eigenvalue weighted by molar-refractivity contribution is 7.10. The Morgan fingerprint density at radius 3 is 2.73 bits per heavy atom. The highest BCUT2D eigenvalue weighted by Gasteiger charge is 2.25. The molecule has 1 aromatic carbocycles. The fraction of sp³-hybridized carbons (Fsp3) is 0.353. The molecule has 5 heteroatoms. The number of rotatable bonds is 6. The van der Waals surface area contributed by atoms with Gasteiger partial charge >= 0.3 is 0 Å². The topological polar surface area (TPSA) is 49.3 Å². The lowest BCUT2D eigenvalue weighted by atomic mass is 9.96. The molecule has 118 valence electrons. The van der Waals surface area contributed by atoms with Crippen molar-refractivity contribution in [2.75, 3.05) is 6.54 Å². The van der Waals surface area contributed by atoms with Gasteiger partial charge in [0, 0.05) is 11.3 Å². The monoisotopic (exact) mass is 321 g/mol. The smallest absolute Gasteiger partial charge is 0.220 e. The van der Waals surface area contributed by atoms with Crippen LogP contribution in [-0.2, 0) is 10.4 Å². The summed E-state index contributed by atoms with van der Waals surface area (Å²) in [6.45, 7) is 3.62. The molecule has 2 rings (SSSR count). The van der Waals surface area contributed by atoms with E-state index in [-0.39, 0.29) is 30.6 Å². The number of carbonyl (C=O) groups excluding carboxylic acids is 1. The molecule has 1 aromatic heterocycles. The molecule has 2 N–H and O–H groups in total. The van der Waals surface area contributed by atoms with Gasteiger partial charge in [-0.15, -0.1) is 11.3 Å². The predicted molar refractivity (Wildman–Crippen MR) is 86.3 cm³/mol. The second-order valence-electron chi connectivity index (χ2n) is 5.65. The van der Waals surface area contributed by atoms with Crippen LogP contribution in [0.25, 0.3) is 0 Å². The van der Waals surface area contributed by atoms with E-state index < -0.39 is 5.60 Å². The van der Waals surface area contributed by atoms with Crippen molar-refractivity contribution < 1.29 is 14.3 Å². The summed E-state index contributed by atoms with van der Waals surface area (Å²) in [5.74, 6) is -0.714. The van der Waals surface area contributed by atoms with Crippen LogP contribution >= 0.6 is 11.3 Å². The molecule has 0 aliphatic heterocycles. The molecular weight excluding hydrogens is 301 g/mol. The zero-order chi connectivity index (χ0) is 16.2. The van der Waals surface area contributed by atoms with Gasteiger partial charge in [-0.2, -0.15) is 0 Å². The summed E-state index contributed by atoms with van der Waals surface area (Å²) in [6.07, 6.45) is 0.182. The fourth-order valence-electron chi connectivity index (χ4n) is 2.28. The van der Waals surface area contributed by atoms with E-state index in [1.807, 2.05) is 24.4 Å². The van der Waals surface area contributed by atoms with Crippen molar-refractivity contribution in [1.82, 2.24) is 5.32 Å². The van der Waals surface area contributed by atoms with Gasteiger partial charge < -0.3 is 10.4 Å². The van der Waals surface area contributed by atoms with Crippen LogP contribution in [0.5, 0.6) is 0 Å². The van der Waals surface area contributed by atoms with E-state index in [0.717, 1.165) is 4.88 Å². The van der Waals surface area contributed by atoms with Crippen molar-refractivity contribution in [3.63, 3.8) is 0 Å². The van der Waals surface area contributed by atoms with Gasteiger partial charge in [0.1, 0.15) is 11.4 Å². The van der Waals surface area contributed by atoms with Crippen molar-refractivity contribution in [3.8, 4) is 0 Å². The van der Waals surface area contributed by atoms with Crippen LogP contribution in [0.4, 0.5) is 4.39 Å². The SMILES string of the molecule is CC(CC(=O)NCC(C)(O)c1cccs1)c1ccccc1F. The minimum Gasteiger partial charge on any atom is -0.383 e. The van der Waals surface area contributed by atoms with Crippen molar-refractivity contribution in [3.05, 3.63) is 58.0 Å². The van der Waals surface area contributed by atoms with Crippen LogP contribution in [0.1, 0.15) is 36.6 Å². The molecule has 0 radical (unpaired) electrons. The third kappa shape index (κ3) is 4.15. The third-order valence-electron chi connectivity index (χ3n) is 3.61. The summed E-state index contributed by atoms with van der Waals surface area (Å²) in [6, 6.07) is 10.2. The number of thiophene rings is 1. The van der Waals surface area contributed by atoms with Crippen molar-refractivity contribution >= 4 is 17.2 Å². The fourth-order valence-corrected chi connectivity index (χ4v) is 3.06. The molecule has 3 nitrogen and oxygen atoms in total. The maximum Gasteiger partial charge on any atom is 0.220 e. The number of aliphatic hydroxyl groups is 1. The molecule has 2 aromatic rings. The van der Waals surface area contributed by atoms with Crippen molar-refractivity contribution in [2.24, 2.45) is 0 Å². The highest BCUT2D eigenvalue weighted by atomic mass is 32.1. The van der Waals surface area contributed by atoms with Gasteiger partial charge in [0.2, 0.25) is 5.91 Å². The first-order valence-electron chi connectivity index (χ1n) is 7.17. The molecule has 1 heterocycles. The zero-order valence-corrected chi connectivity index (χ0v) is 13.5. The number of amides is 1. The maximum absolute atomic E-state index is 13.7. The van der Waals surface area contributed by atoms with E-state index in [2.05, 4.69) is 5.32 Å². The Morgan fingerprint density at radius 2 is 2.09 bits per heavy atom. The lowest BCUT2D eigenvalue weighted by Crippen LogP contribution is -2.38. The minimum atomic E-state index is -1.09. The lowest BCUT2D eigenvalue weighted by molar-refractivity contribution is -0.122. The van der Waals surface area contributed by atoms with E-state index in [9.17, 15) is 14.3 Å². The Bertz CT molecular complexity index is 625. The Kier molecular flexibility index (Phi) is 5.32. The molecule has 0 spiro atoms. The van der Waals surface area contributed by atoms with Crippen LogP contribution in [0.2, 0.25) is 0 Å². The summed E-state index contributed by atoms with van der Waals surface area (Å²) in [4.78, 5) is 12.8. The zero-order valence-electron chi connectivity index (χ0n) is 12.7. The van der Waals surface area contributed by atoms with Crippen LogP contribution in [0, 0.1) is 5.82 Å². The highest BCUT2D eigenvalue weighted by Crippen LogP contribution is 2.25. The van der Waals surface area contributed by atoms with E-state index >= 15 is 0 Å². The summed E-state index contributed by atoms with van der Waals surface area (Å²) >= 11 is 1.44. The number of halogens is 1. The van der Waals surface area contributed by atoms with E-state index in [0.29, 0.717) is 5.56 Å². The van der Waals surface area contributed by atoms with Crippen molar-refractivity contribution in [1.29, 1.82) is 0 Å². The first kappa shape index (κ1) is 16.6. The summed E-state index contributed by atoms with van der Waals surface area (Å²) < 4.78 is 13.7. The molecule has 1 amide bonds. The number of nitrogens with one attached hydrogen (secondary N) is 1. The molecular formula is C17H20FNO2S. The molecule has 0 bridgehead atoms. The number of benzene rings is 1. The molecule has 0 aliphatic carbocycles. The molecule has 0 fully saturated rings. The number of hydrogen-bond donors (Lipinski definition) is 2. The standard InChI is InChI=1S/C17H20FNO2S/c1-12(13-6-3-4-7-14(13)18)10-16(20)19-11-17(2,21)15-8-5-9-22-15/h3-9,12,21H,10-11H2,1-2H3,(H,19,20). The molecule has 2 unspecified atom stereocenters. The molecule has 0 aliphatic rings. The molecule has 2 atom stereocenters. The summed E-state index contributed by atoms with van der Waals surface area (Å²) in [7, 11) is 0. The normalized spacial score (nSPS) is 15.1. The Labute approximate surface area is 133 Å². The van der Waals surface area contributed by atoms with Gasteiger partial charge in [0.25, 0.3) is 0 Å². The van der Waals surface area contributed by atoms with Gasteiger partial charge in [-0.1, -0.05) is 31.2 Å². The van der Waals surface area contributed by atoms with Gasteiger partial charge in [0.15, 0.2) is 0 Å². The largest absolute Gasteiger partial charge is 0.383 e. The maximum atomic E-state index is 13.7. The Morgan fingerprint density at radius 1 is 1.36 bits per heavy atom. The Balaban J connectivity index is 1.89. The summed E-state index contributed by atoms with van der Waals surface area (Å²) in [5.41, 5.74) is -0.562. The van der Waals surface area contributed by atoms with E-state index in [4.69, 9.17) is 0 Å². The molecule has 0 saturated heterocycles. The average molecular weight is 321 g/mol. The second kappa shape index (κ2) is 7.03. The van der Waals surface area contributed by atoms with Crippen molar-refractivity contribution in [2.45, 2.75) is 31.8 Å².